The van der Waals surface area contributed by atoms with E-state index in [0.717, 1.165) is 22.4 Å². The molecule has 0 spiro atoms. The van der Waals surface area contributed by atoms with Gasteiger partial charge in [-0.3, -0.25) is 4.79 Å². The van der Waals surface area contributed by atoms with E-state index in [1.165, 1.54) is 28.7 Å². The van der Waals surface area contributed by atoms with Gasteiger partial charge in [0.05, 0.1) is 5.25 Å². The molecule has 118 valence electrons. The molecule has 0 radical (unpaired) electrons. The molecular formula is C15H20N4OS2. The molecule has 0 unspecified atom stereocenters. The Morgan fingerprint density at radius 3 is 2.73 bits per heavy atom. The lowest BCUT2D eigenvalue weighted by molar-refractivity contribution is -0.127. The predicted octanol–water partition coefficient (Wildman–Crippen LogP) is 2.76. The fourth-order valence-electron chi connectivity index (χ4n) is 1.85. The van der Waals surface area contributed by atoms with Gasteiger partial charge >= 0.3 is 0 Å². The van der Waals surface area contributed by atoms with Crippen molar-refractivity contribution in [2.24, 2.45) is 0 Å². The molecule has 2 rings (SSSR count). The fraction of sp³-hybridized carbons (Fsp3) is 0.400. The Bertz CT molecular complexity index is 601. The summed E-state index contributed by atoms with van der Waals surface area (Å²) in [5.74, 6) is 0.0822. The number of amides is 1. The molecular weight excluding hydrogens is 316 g/mol. The van der Waals surface area contributed by atoms with E-state index in [0.29, 0.717) is 0 Å². The van der Waals surface area contributed by atoms with Gasteiger partial charge in [0.1, 0.15) is 0 Å². The van der Waals surface area contributed by atoms with Crippen LogP contribution in [-0.4, -0.2) is 46.9 Å². The van der Waals surface area contributed by atoms with Crippen LogP contribution in [0, 0.1) is 0 Å². The first-order valence-electron chi connectivity index (χ1n) is 7.05. The quantitative estimate of drug-likeness (QED) is 0.788. The van der Waals surface area contributed by atoms with Gasteiger partial charge in [0.25, 0.3) is 0 Å². The number of hydrogen-bond acceptors (Lipinski definition) is 6. The minimum absolute atomic E-state index is 0.0822. The van der Waals surface area contributed by atoms with Crippen molar-refractivity contribution in [2.75, 3.05) is 26.0 Å². The standard InChI is InChI=1S/C15H20N4OS2/c1-11(13(20)19(2)3)21-15-18-17-14(22-15)16-10-9-12-7-5-4-6-8-12/h4-8,11H,9-10H2,1-3H3,(H,16,17)/t11-/m1/s1. The van der Waals surface area contributed by atoms with Crippen molar-refractivity contribution in [3.05, 3.63) is 35.9 Å². The number of hydrogen-bond donors (Lipinski definition) is 1. The molecule has 2 aromatic rings. The summed E-state index contributed by atoms with van der Waals surface area (Å²) in [6, 6.07) is 10.3. The highest BCUT2D eigenvalue weighted by molar-refractivity contribution is 8.02. The van der Waals surface area contributed by atoms with E-state index in [9.17, 15) is 4.79 Å². The summed E-state index contributed by atoms with van der Waals surface area (Å²) in [4.78, 5) is 13.4. The van der Waals surface area contributed by atoms with Crippen molar-refractivity contribution in [1.29, 1.82) is 0 Å². The average molecular weight is 336 g/mol. The van der Waals surface area contributed by atoms with Crippen LogP contribution in [0.15, 0.2) is 34.7 Å². The molecule has 0 aliphatic heterocycles. The van der Waals surface area contributed by atoms with Gasteiger partial charge < -0.3 is 10.2 Å². The van der Waals surface area contributed by atoms with Crippen molar-refractivity contribution < 1.29 is 4.79 Å². The third kappa shape index (κ3) is 4.99. The number of anilines is 1. The summed E-state index contributed by atoms with van der Waals surface area (Å²) in [6.07, 6.45) is 0.943. The third-order valence-corrected chi connectivity index (χ3v) is 5.06. The topological polar surface area (TPSA) is 58.1 Å². The van der Waals surface area contributed by atoms with E-state index in [1.807, 2.05) is 25.1 Å². The van der Waals surface area contributed by atoms with Crippen LogP contribution < -0.4 is 5.32 Å². The van der Waals surface area contributed by atoms with Crippen LogP contribution in [0.4, 0.5) is 5.13 Å². The average Bonchev–Trinajstić information content (AvgIpc) is 2.94. The first-order valence-corrected chi connectivity index (χ1v) is 8.75. The van der Waals surface area contributed by atoms with Crippen molar-refractivity contribution in [1.82, 2.24) is 15.1 Å². The number of benzene rings is 1. The van der Waals surface area contributed by atoms with Crippen LogP contribution in [0.3, 0.4) is 0 Å². The lowest BCUT2D eigenvalue weighted by Crippen LogP contribution is -2.29. The summed E-state index contributed by atoms with van der Waals surface area (Å²) in [7, 11) is 3.52. The van der Waals surface area contributed by atoms with Crippen LogP contribution >= 0.6 is 23.1 Å². The molecule has 7 heteroatoms. The second-order valence-electron chi connectivity index (χ2n) is 5.03. The van der Waals surface area contributed by atoms with Crippen molar-refractivity contribution in [3.63, 3.8) is 0 Å². The first kappa shape index (κ1) is 16.8. The minimum Gasteiger partial charge on any atom is -0.360 e. The Morgan fingerprint density at radius 1 is 1.32 bits per heavy atom. The normalized spacial score (nSPS) is 12.0. The van der Waals surface area contributed by atoms with Gasteiger partial charge in [0, 0.05) is 20.6 Å². The van der Waals surface area contributed by atoms with Crippen LogP contribution in [0.2, 0.25) is 0 Å². The highest BCUT2D eigenvalue weighted by Gasteiger charge is 2.18. The second kappa shape index (κ2) is 8.14. The fourth-order valence-corrected chi connectivity index (χ4v) is 3.92. The van der Waals surface area contributed by atoms with Gasteiger partial charge in [-0.2, -0.15) is 0 Å². The van der Waals surface area contributed by atoms with Crippen LogP contribution in [-0.2, 0) is 11.2 Å². The van der Waals surface area contributed by atoms with Gasteiger partial charge in [-0.25, -0.2) is 0 Å². The molecule has 1 N–H and O–H groups in total. The molecule has 1 amide bonds. The third-order valence-electron chi connectivity index (χ3n) is 3.01. The maximum Gasteiger partial charge on any atom is 0.235 e. The highest BCUT2D eigenvalue weighted by Crippen LogP contribution is 2.29. The zero-order chi connectivity index (χ0) is 15.9. The lowest BCUT2D eigenvalue weighted by atomic mass is 10.2. The number of rotatable bonds is 7. The zero-order valence-corrected chi connectivity index (χ0v) is 14.6. The summed E-state index contributed by atoms with van der Waals surface area (Å²) < 4.78 is 0.810. The van der Waals surface area contributed by atoms with Crippen LogP contribution in [0.25, 0.3) is 0 Å². The number of carbonyl (C=O) groups excluding carboxylic acids is 1. The van der Waals surface area contributed by atoms with Gasteiger partial charge in [-0.05, 0) is 18.9 Å². The molecule has 1 heterocycles. The monoisotopic (exact) mass is 336 g/mol. The van der Waals surface area contributed by atoms with E-state index in [1.54, 1.807) is 19.0 Å². The van der Waals surface area contributed by atoms with Gasteiger partial charge in [-0.1, -0.05) is 53.4 Å². The van der Waals surface area contributed by atoms with Crippen LogP contribution in [0.5, 0.6) is 0 Å². The van der Waals surface area contributed by atoms with Crippen LogP contribution in [0.1, 0.15) is 12.5 Å². The second-order valence-corrected chi connectivity index (χ2v) is 7.59. The molecule has 0 saturated carbocycles. The van der Waals surface area contributed by atoms with E-state index in [4.69, 9.17) is 0 Å². The predicted molar refractivity (Wildman–Crippen MR) is 92.6 cm³/mol. The zero-order valence-electron chi connectivity index (χ0n) is 12.9. The Hall–Kier alpha value is -1.60. The number of carbonyl (C=O) groups is 1. The molecule has 1 aromatic carbocycles. The number of thioether (sulfide) groups is 1. The van der Waals surface area contributed by atoms with E-state index >= 15 is 0 Å². The lowest BCUT2D eigenvalue weighted by Gasteiger charge is -2.14. The van der Waals surface area contributed by atoms with E-state index in [2.05, 4.69) is 27.6 Å². The molecule has 0 bridgehead atoms. The molecule has 0 fully saturated rings. The van der Waals surface area contributed by atoms with Gasteiger partial charge in [0.2, 0.25) is 11.0 Å². The first-order chi connectivity index (χ1) is 10.6. The molecule has 0 saturated heterocycles. The van der Waals surface area contributed by atoms with E-state index in [-0.39, 0.29) is 11.2 Å². The maximum atomic E-state index is 11.8. The Kier molecular flexibility index (Phi) is 6.21. The molecule has 0 aliphatic rings. The molecule has 0 aliphatic carbocycles. The summed E-state index contributed by atoms with van der Waals surface area (Å²) >= 11 is 2.93. The van der Waals surface area contributed by atoms with E-state index < -0.39 is 0 Å². The number of nitrogens with one attached hydrogen (secondary N) is 1. The molecule has 1 atom stereocenters. The molecule has 5 nitrogen and oxygen atoms in total. The van der Waals surface area contributed by atoms with Crippen molar-refractivity contribution in [2.45, 2.75) is 22.9 Å². The highest BCUT2D eigenvalue weighted by atomic mass is 32.2. The Labute approximate surface area is 139 Å². The minimum atomic E-state index is -0.153. The Balaban J connectivity index is 1.80. The molecule has 22 heavy (non-hydrogen) atoms. The van der Waals surface area contributed by atoms with Crippen molar-refractivity contribution >= 4 is 34.1 Å². The maximum absolute atomic E-state index is 11.8. The summed E-state index contributed by atoms with van der Waals surface area (Å²) in [5, 5.41) is 12.2. The smallest absolute Gasteiger partial charge is 0.235 e. The Morgan fingerprint density at radius 2 is 2.05 bits per heavy atom. The van der Waals surface area contributed by atoms with Gasteiger partial charge in [0.15, 0.2) is 4.34 Å². The summed E-state index contributed by atoms with van der Waals surface area (Å²) in [6.45, 7) is 2.70. The van der Waals surface area contributed by atoms with Gasteiger partial charge in [-0.15, -0.1) is 10.2 Å². The van der Waals surface area contributed by atoms with Crippen molar-refractivity contribution in [3.8, 4) is 0 Å². The number of nitrogens with zero attached hydrogens (tertiary/aromatic N) is 3. The molecule has 1 aromatic heterocycles. The number of aromatic nitrogens is 2. The SMILES string of the molecule is C[C@@H](Sc1nnc(NCCc2ccccc2)s1)C(=O)N(C)C. The largest absolute Gasteiger partial charge is 0.360 e. The summed E-state index contributed by atoms with van der Waals surface area (Å²) in [5.41, 5.74) is 1.29.